The second-order valence-electron chi connectivity index (χ2n) is 9.07. The summed E-state index contributed by atoms with van der Waals surface area (Å²) in [6.45, 7) is 1.38. The number of hydrogen-bond acceptors (Lipinski definition) is 3. The molecule has 1 N–H and O–H groups in total. The van der Waals surface area contributed by atoms with E-state index in [1.54, 1.807) is 26.4 Å². The van der Waals surface area contributed by atoms with Crippen molar-refractivity contribution in [3.63, 3.8) is 0 Å². The molecule has 2 aromatic carbocycles. The highest BCUT2D eigenvalue weighted by atomic mass is 31.2. The van der Waals surface area contributed by atoms with E-state index < -0.39 is 13.8 Å². The van der Waals surface area contributed by atoms with Gasteiger partial charge in [-0.05, 0) is 66.6 Å². The number of alkyl halides is 2. The molecule has 4 nitrogen and oxygen atoms in total. The molecule has 0 radical (unpaired) electrons. The standard InChI is InChI=1S/C14H18F2O.C10H15O3P.C3H6/c1-17-11-7-8-12(14(15)16)13(9-11)10-5-3-2-4-6-10;1-13-10-5-3-4-9(8-10)6-7-14(2,11)12;1-2-3-1/h7-10,14H,2-6H2,1H3;3-5,8H,6-7H2,1-2H3,(H,11,12);1-3H2. The zero-order chi connectivity index (χ0) is 25.0. The third-order valence-corrected chi connectivity index (χ3v) is 6.93. The van der Waals surface area contributed by atoms with Crippen LogP contribution in [0.1, 0.15) is 80.4 Å². The van der Waals surface area contributed by atoms with Gasteiger partial charge in [0.05, 0.1) is 14.2 Å². The van der Waals surface area contributed by atoms with Gasteiger partial charge in [0.25, 0.3) is 6.43 Å². The minimum absolute atomic E-state index is 0.178. The lowest BCUT2D eigenvalue weighted by atomic mass is 9.82. The molecular formula is C27H39F2O4P. The number of hydrogen-bond donors (Lipinski definition) is 1. The number of methoxy groups -OCH3 is 2. The summed E-state index contributed by atoms with van der Waals surface area (Å²) in [7, 11) is 0.283. The van der Waals surface area contributed by atoms with Crippen molar-refractivity contribution >= 4 is 7.37 Å². The lowest BCUT2D eigenvalue weighted by Crippen LogP contribution is -2.08. The molecule has 2 saturated carbocycles. The van der Waals surface area contributed by atoms with Gasteiger partial charge in [-0.3, -0.25) is 4.57 Å². The average Bonchev–Trinajstić information content (AvgIpc) is 3.73. The van der Waals surface area contributed by atoms with E-state index in [4.69, 9.17) is 14.4 Å². The van der Waals surface area contributed by atoms with Crippen LogP contribution in [0.25, 0.3) is 0 Å². The molecule has 0 amide bonds. The highest BCUT2D eigenvalue weighted by molar-refractivity contribution is 7.57. The van der Waals surface area contributed by atoms with Crippen molar-refractivity contribution in [1.82, 2.24) is 0 Å². The minimum atomic E-state index is -2.90. The minimum Gasteiger partial charge on any atom is -0.497 e. The normalized spacial score (nSPS) is 16.9. The number of ether oxygens (including phenoxy) is 2. The van der Waals surface area contributed by atoms with E-state index in [-0.39, 0.29) is 11.5 Å². The quantitative estimate of drug-likeness (QED) is 0.395. The molecular weight excluding hydrogens is 457 g/mol. The Labute approximate surface area is 203 Å². The maximum Gasteiger partial charge on any atom is 0.264 e. The molecule has 34 heavy (non-hydrogen) atoms. The van der Waals surface area contributed by atoms with Crippen molar-refractivity contribution in [2.75, 3.05) is 27.0 Å². The summed E-state index contributed by atoms with van der Waals surface area (Å²) in [5.41, 5.74) is 2.00. The average molecular weight is 497 g/mol. The first kappa shape index (κ1) is 28.3. The van der Waals surface area contributed by atoms with Crippen LogP contribution in [-0.4, -0.2) is 31.9 Å². The van der Waals surface area contributed by atoms with Gasteiger partial charge in [-0.15, -0.1) is 0 Å². The Bertz CT molecular complexity index is 902. The van der Waals surface area contributed by atoms with E-state index in [1.807, 2.05) is 24.3 Å². The van der Waals surface area contributed by atoms with E-state index in [0.717, 1.165) is 42.6 Å². The zero-order valence-corrected chi connectivity index (χ0v) is 21.5. The summed E-state index contributed by atoms with van der Waals surface area (Å²) in [6, 6.07) is 12.5. The summed E-state index contributed by atoms with van der Waals surface area (Å²) in [5.74, 6) is 1.74. The van der Waals surface area contributed by atoms with Crippen LogP contribution in [0.3, 0.4) is 0 Å². The molecule has 2 aromatic rings. The third-order valence-electron chi connectivity index (χ3n) is 5.88. The molecule has 2 fully saturated rings. The van der Waals surface area contributed by atoms with Crippen molar-refractivity contribution in [2.24, 2.45) is 0 Å². The Morgan fingerprint density at radius 3 is 2.06 bits per heavy atom. The largest absolute Gasteiger partial charge is 0.497 e. The first-order valence-electron chi connectivity index (χ1n) is 12.1. The molecule has 190 valence electrons. The fraction of sp³-hybridized carbons (Fsp3) is 0.556. The van der Waals surface area contributed by atoms with Crippen molar-refractivity contribution in [3.05, 3.63) is 59.2 Å². The summed E-state index contributed by atoms with van der Waals surface area (Å²) in [5, 5.41) is 0. The van der Waals surface area contributed by atoms with Crippen molar-refractivity contribution in [3.8, 4) is 11.5 Å². The molecule has 0 spiro atoms. The lowest BCUT2D eigenvalue weighted by molar-refractivity contribution is 0.149. The van der Waals surface area contributed by atoms with Crippen LogP contribution < -0.4 is 9.47 Å². The molecule has 1 unspecified atom stereocenters. The molecule has 0 aliphatic heterocycles. The predicted molar refractivity (Wildman–Crippen MR) is 135 cm³/mol. The molecule has 0 bridgehead atoms. The van der Waals surface area contributed by atoms with Crippen LogP contribution in [0.15, 0.2) is 42.5 Å². The van der Waals surface area contributed by atoms with Gasteiger partial charge in [-0.2, -0.15) is 0 Å². The van der Waals surface area contributed by atoms with Gasteiger partial charge < -0.3 is 14.4 Å². The molecule has 0 heterocycles. The van der Waals surface area contributed by atoms with Crippen molar-refractivity contribution < 1.29 is 27.7 Å². The van der Waals surface area contributed by atoms with Gasteiger partial charge in [-0.1, -0.05) is 50.7 Å². The second kappa shape index (κ2) is 14.5. The number of benzene rings is 2. The molecule has 4 rings (SSSR count). The fourth-order valence-corrected chi connectivity index (χ4v) is 4.48. The summed E-state index contributed by atoms with van der Waals surface area (Å²) in [6.07, 6.45) is 8.60. The van der Waals surface area contributed by atoms with E-state index in [0.29, 0.717) is 18.3 Å². The van der Waals surface area contributed by atoms with Gasteiger partial charge in [-0.25, -0.2) is 8.78 Å². The Kier molecular flexibility index (Phi) is 12.1. The SMILES string of the molecule is C1CC1.COc1ccc(C(F)F)c(C2CCCCC2)c1.COc1cccc(CCP(C)(=O)O)c1. The smallest absolute Gasteiger partial charge is 0.264 e. The van der Waals surface area contributed by atoms with Gasteiger partial charge in [0, 0.05) is 18.4 Å². The highest BCUT2D eigenvalue weighted by Gasteiger charge is 2.22. The van der Waals surface area contributed by atoms with Crippen LogP contribution in [0.2, 0.25) is 0 Å². The lowest BCUT2D eigenvalue weighted by Gasteiger charge is -2.24. The third kappa shape index (κ3) is 11.0. The van der Waals surface area contributed by atoms with Gasteiger partial charge in [0.1, 0.15) is 11.5 Å². The summed E-state index contributed by atoms with van der Waals surface area (Å²) < 4.78 is 47.2. The molecule has 1 atom stereocenters. The fourth-order valence-electron chi connectivity index (χ4n) is 3.81. The zero-order valence-electron chi connectivity index (χ0n) is 20.6. The summed E-state index contributed by atoms with van der Waals surface area (Å²) in [4.78, 5) is 9.13. The molecule has 2 aliphatic rings. The maximum atomic E-state index is 13.0. The Morgan fingerprint density at radius 2 is 1.53 bits per heavy atom. The predicted octanol–water partition coefficient (Wildman–Crippen LogP) is 7.99. The van der Waals surface area contributed by atoms with E-state index in [9.17, 15) is 13.3 Å². The van der Waals surface area contributed by atoms with Gasteiger partial charge in [0.15, 0.2) is 7.37 Å². The highest BCUT2D eigenvalue weighted by Crippen LogP contribution is 2.39. The Hall–Kier alpha value is -1.91. The molecule has 0 saturated heterocycles. The number of rotatable bonds is 7. The van der Waals surface area contributed by atoms with Crippen molar-refractivity contribution in [2.45, 2.75) is 70.1 Å². The molecule has 2 aliphatic carbocycles. The Balaban J connectivity index is 0.000000216. The number of aryl methyl sites for hydroxylation is 1. The monoisotopic (exact) mass is 496 g/mol. The summed E-state index contributed by atoms with van der Waals surface area (Å²) >= 11 is 0. The van der Waals surface area contributed by atoms with Crippen molar-refractivity contribution in [1.29, 1.82) is 0 Å². The molecule has 7 heteroatoms. The van der Waals surface area contributed by atoms with Crippen LogP contribution in [0.5, 0.6) is 11.5 Å². The Morgan fingerprint density at radius 1 is 0.941 bits per heavy atom. The maximum absolute atomic E-state index is 13.0. The second-order valence-corrected chi connectivity index (χ2v) is 11.6. The first-order valence-corrected chi connectivity index (χ1v) is 14.4. The topological polar surface area (TPSA) is 55.8 Å². The van der Waals surface area contributed by atoms with Gasteiger partial charge in [0.2, 0.25) is 0 Å². The van der Waals surface area contributed by atoms with Crippen LogP contribution in [-0.2, 0) is 11.0 Å². The number of halogens is 2. The van der Waals surface area contributed by atoms with E-state index >= 15 is 0 Å². The van der Waals surface area contributed by atoms with Crippen LogP contribution in [0.4, 0.5) is 8.78 Å². The van der Waals surface area contributed by atoms with Crippen LogP contribution >= 0.6 is 7.37 Å². The molecule has 0 aromatic heterocycles. The van der Waals surface area contributed by atoms with Gasteiger partial charge >= 0.3 is 0 Å². The van der Waals surface area contributed by atoms with E-state index in [1.165, 1.54) is 38.4 Å². The van der Waals surface area contributed by atoms with E-state index in [2.05, 4.69) is 0 Å². The van der Waals surface area contributed by atoms with Crippen LogP contribution in [0, 0.1) is 0 Å². The first-order chi connectivity index (χ1) is 16.2.